The summed E-state index contributed by atoms with van der Waals surface area (Å²) in [5, 5.41) is 3.85. The lowest BCUT2D eigenvalue weighted by Crippen LogP contribution is -2.49. The van der Waals surface area contributed by atoms with Crippen LogP contribution in [0.5, 0.6) is 0 Å². The number of carbonyl (C=O) groups is 1. The van der Waals surface area contributed by atoms with Crippen molar-refractivity contribution in [3.8, 4) is 0 Å². The maximum atomic E-state index is 11.5. The Morgan fingerprint density at radius 3 is 3.12 bits per heavy atom. The number of rotatable bonds is 3. The van der Waals surface area contributed by atoms with Gasteiger partial charge in [0.15, 0.2) is 6.10 Å². The fraction of sp³-hybridized carbons (Fsp3) is 0.636. The number of ether oxygens (including phenoxy) is 2. The lowest BCUT2D eigenvalue weighted by molar-refractivity contribution is -0.166. The van der Waals surface area contributed by atoms with Gasteiger partial charge in [0, 0.05) is 25.7 Å². The van der Waals surface area contributed by atoms with Crippen LogP contribution in [-0.4, -0.2) is 48.4 Å². The van der Waals surface area contributed by atoms with Crippen LogP contribution < -0.4 is 0 Å². The molecule has 0 N–H and O–H groups in total. The fourth-order valence-electron chi connectivity index (χ4n) is 1.98. The van der Waals surface area contributed by atoms with E-state index < -0.39 is 6.10 Å². The van der Waals surface area contributed by atoms with Crippen molar-refractivity contribution in [2.24, 2.45) is 0 Å². The van der Waals surface area contributed by atoms with Crippen molar-refractivity contribution in [3.63, 3.8) is 0 Å². The Balaban J connectivity index is 1.96. The molecule has 0 saturated carbocycles. The molecule has 0 radical (unpaired) electrons. The smallest absolute Gasteiger partial charge is 0.336 e. The highest BCUT2D eigenvalue weighted by Crippen LogP contribution is 2.14. The SMILES string of the molecule is COC(=O)[C@@H]1CN(Cc2ccon2)C[C@@H](C)O1. The molecule has 94 valence electrons. The van der Waals surface area contributed by atoms with Gasteiger partial charge in [-0.25, -0.2) is 4.79 Å². The number of aromatic nitrogens is 1. The van der Waals surface area contributed by atoms with Gasteiger partial charge in [-0.05, 0) is 6.92 Å². The molecule has 0 bridgehead atoms. The highest BCUT2D eigenvalue weighted by molar-refractivity contribution is 5.74. The van der Waals surface area contributed by atoms with E-state index in [4.69, 9.17) is 14.0 Å². The molecule has 1 aromatic heterocycles. The molecule has 0 aliphatic carbocycles. The third kappa shape index (κ3) is 3.04. The normalized spacial score (nSPS) is 25.8. The van der Waals surface area contributed by atoms with Crippen LogP contribution in [0.4, 0.5) is 0 Å². The lowest BCUT2D eigenvalue weighted by Gasteiger charge is -2.34. The summed E-state index contributed by atoms with van der Waals surface area (Å²) in [5.41, 5.74) is 0.850. The first-order valence-electron chi connectivity index (χ1n) is 5.54. The molecule has 0 aromatic carbocycles. The molecule has 6 heteroatoms. The molecule has 1 aliphatic rings. The number of methoxy groups -OCH3 is 1. The second kappa shape index (κ2) is 5.29. The van der Waals surface area contributed by atoms with Gasteiger partial charge in [-0.15, -0.1) is 0 Å². The van der Waals surface area contributed by atoms with Crippen molar-refractivity contribution in [1.82, 2.24) is 10.1 Å². The van der Waals surface area contributed by atoms with E-state index in [1.807, 2.05) is 13.0 Å². The lowest BCUT2D eigenvalue weighted by atomic mass is 10.2. The molecular weight excluding hydrogens is 224 g/mol. The van der Waals surface area contributed by atoms with Gasteiger partial charge < -0.3 is 14.0 Å². The van der Waals surface area contributed by atoms with E-state index in [9.17, 15) is 4.79 Å². The number of morpholine rings is 1. The van der Waals surface area contributed by atoms with Crippen molar-refractivity contribution in [3.05, 3.63) is 18.0 Å². The molecule has 2 rings (SSSR count). The third-order valence-electron chi connectivity index (χ3n) is 2.68. The number of esters is 1. The van der Waals surface area contributed by atoms with E-state index in [1.165, 1.54) is 13.4 Å². The molecule has 1 aromatic rings. The first-order valence-corrected chi connectivity index (χ1v) is 5.54. The molecule has 17 heavy (non-hydrogen) atoms. The van der Waals surface area contributed by atoms with Gasteiger partial charge in [-0.2, -0.15) is 0 Å². The zero-order valence-electron chi connectivity index (χ0n) is 9.96. The van der Waals surface area contributed by atoms with Crippen LogP contribution in [0.15, 0.2) is 16.9 Å². The van der Waals surface area contributed by atoms with Crippen LogP contribution in [0, 0.1) is 0 Å². The zero-order chi connectivity index (χ0) is 12.3. The third-order valence-corrected chi connectivity index (χ3v) is 2.68. The molecule has 6 nitrogen and oxygen atoms in total. The van der Waals surface area contributed by atoms with Crippen LogP contribution >= 0.6 is 0 Å². The first-order chi connectivity index (χ1) is 8.19. The van der Waals surface area contributed by atoms with Gasteiger partial charge in [-0.3, -0.25) is 4.90 Å². The Labute approximate surface area is 99.5 Å². The van der Waals surface area contributed by atoms with Gasteiger partial charge in [-0.1, -0.05) is 5.16 Å². The summed E-state index contributed by atoms with van der Waals surface area (Å²) in [4.78, 5) is 13.6. The van der Waals surface area contributed by atoms with Crippen molar-refractivity contribution in [2.75, 3.05) is 20.2 Å². The Bertz CT molecular complexity index is 366. The van der Waals surface area contributed by atoms with Gasteiger partial charge in [0.1, 0.15) is 6.26 Å². The van der Waals surface area contributed by atoms with E-state index in [0.29, 0.717) is 13.1 Å². The average Bonchev–Trinajstić information content (AvgIpc) is 2.80. The van der Waals surface area contributed by atoms with E-state index >= 15 is 0 Å². The average molecular weight is 240 g/mol. The summed E-state index contributed by atoms with van der Waals surface area (Å²) >= 11 is 0. The fourth-order valence-corrected chi connectivity index (χ4v) is 1.98. The molecule has 2 heterocycles. The molecular formula is C11H16N2O4. The zero-order valence-corrected chi connectivity index (χ0v) is 9.96. The van der Waals surface area contributed by atoms with E-state index in [-0.39, 0.29) is 12.1 Å². The highest BCUT2D eigenvalue weighted by Gasteiger charge is 2.31. The number of hydrogen-bond acceptors (Lipinski definition) is 6. The summed E-state index contributed by atoms with van der Waals surface area (Å²) in [5.74, 6) is -0.332. The molecule has 0 amide bonds. The molecule has 1 fully saturated rings. The summed E-state index contributed by atoms with van der Waals surface area (Å²) in [7, 11) is 1.37. The quantitative estimate of drug-likeness (QED) is 0.714. The van der Waals surface area contributed by atoms with Gasteiger partial charge >= 0.3 is 5.97 Å². The monoisotopic (exact) mass is 240 g/mol. The van der Waals surface area contributed by atoms with Gasteiger partial charge in [0.25, 0.3) is 0 Å². The molecule has 0 unspecified atom stereocenters. The largest absolute Gasteiger partial charge is 0.467 e. The standard InChI is InChI=1S/C11H16N2O4/c1-8-5-13(6-9-3-4-16-12-9)7-10(17-8)11(14)15-2/h3-4,8,10H,5-7H2,1-2H3/t8-,10+/m1/s1. The predicted octanol–water partition coefficient (Wildman–Crippen LogP) is 0.437. The molecule has 1 aliphatic heterocycles. The summed E-state index contributed by atoms with van der Waals surface area (Å²) in [6.07, 6.45) is 1.02. The first kappa shape index (κ1) is 12.1. The number of hydrogen-bond donors (Lipinski definition) is 0. The topological polar surface area (TPSA) is 64.8 Å². The van der Waals surface area contributed by atoms with E-state index in [2.05, 4.69) is 10.1 Å². The minimum atomic E-state index is -0.518. The van der Waals surface area contributed by atoms with E-state index in [1.54, 1.807) is 0 Å². The number of nitrogens with zero attached hydrogens (tertiary/aromatic N) is 2. The number of carbonyl (C=O) groups excluding carboxylic acids is 1. The van der Waals surface area contributed by atoms with Crippen LogP contribution in [0.2, 0.25) is 0 Å². The van der Waals surface area contributed by atoms with Crippen molar-refractivity contribution in [1.29, 1.82) is 0 Å². The minimum Gasteiger partial charge on any atom is -0.467 e. The second-order valence-electron chi connectivity index (χ2n) is 4.14. The Kier molecular flexibility index (Phi) is 3.75. The summed E-state index contributed by atoms with van der Waals surface area (Å²) in [6, 6.07) is 1.81. The van der Waals surface area contributed by atoms with Crippen molar-refractivity contribution >= 4 is 5.97 Å². The van der Waals surface area contributed by atoms with Gasteiger partial charge in [0.05, 0.1) is 18.9 Å². The second-order valence-corrected chi connectivity index (χ2v) is 4.14. The van der Waals surface area contributed by atoms with Gasteiger partial charge in [0.2, 0.25) is 0 Å². The van der Waals surface area contributed by atoms with E-state index in [0.717, 1.165) is 12.2 Å². The molecule has 1 saturated heterocycles. The highest BCUT2D eigenvalue weighted by atomic mass is 16.6. The molecule has 2 atom stereocenters. The van der Waals surface area contributed by atoms with Crippen molar-refractivity contribution in [2.45, 2.75) is 25.7 Å². The summed E-state index contributed by atoms with van der Waals surface area (Å²) < 4.78 is 15.0. The van der Waals surface area contributed by atoms with Crippen molar-refractivity contribution < 1.29 is 18.8 Å². The Hall–Kier alpha value is -1.40. The van der Waals surface area contributed by atoms with Crippen LogP contribution in [0.3, 0.4) is 0 Å². The maximum absolute atomic E-state index is 11.5. The minimum absolute atomic E-state index is 0.000231. The van der Waals surface area contributed by atoms with Crippen LogP contribution in [0.1, 0.15) is 12.6 Å². The van der Waals surface area contributed by atoms with Crippen LogP contribution in [0.25, 0.3) is 0 Å². The Morgan fingerprint density at radius 1 is 1.65 bits per heavy atom. The Morgan fingerprint density at radius 2 is 2.47 bits per heavy atom. The summed E-state index contributed by atoms with van der Waals surface area (Å²) in [6.45, 7) is 3.87. The predicted molar refractivity (Wildman–Crippen MR) is 58.1 cm³/mol. The molecule has 0 spiro atoms. The van der Waals surface area contributed by atoms with Crippen LogP contribution in [-0.2, 0) is 20.8 Å². The maximum Gasteiger partial charge on any atom is 0.336 e.